The third kappa shape index (κ3) is 3.75. The molecule has 8 nitrogen and oxygen atoms in total. The molecule has 4 aromatic rings. The monoisotopic (exact) mass is 430 g/mol. The summed E-state index contributed by atoms with van der Waals surface area (Å²) in [7, 11) is 1.39. The number of H-pyrrole nitrogens is 1. The van der Waals surface area contributed by atoms with E-state index in [-0.39, 0.29) is 17.6 Å². The zero-order valence-electron chi connectivity index (χ0n) is 16.6. The maximum absolute atomic E-state index is 12.0. The number of methoxy groups -OCH3 is 1. The maximum atomic E-state index is 12.0. The first-order valence-corrected chi connectivity index (χ1v) is 10.6. The molecule has 1 N–H and O–H groups in total. The molecule has 5 rings (SSSR count). The van der Waals surface area contributed by atoms with Crippen molar-refractivity contribution in [2.24, 2.45) is 5.10 Å². The van der Waals surface area contributed by atoms with E-state index in [2.05, 4.69) is 20.4 Å². The molecule has 1 aliphatic rings. The average Bonchev–Trinajstić information content (AvgIpc) is 3.46. The SMILES string of the molecule is COC(=O)CC1Sc2nnc(-c3cc(-c4ccccc4)n[nH]3)n2N=C1c1ccccc1. The molecule has 31 heavy (non-hydrogen) atoms. The van der Waals surface area contributed by atoms with E-state index in [4.69, 9.17) is 9.84 Å². The van der Waals surface area contributed by atoms with Crippen LogP contribution in [-0.2, 0) is 9.53 Å². The summed E-state index contributed by atoms with van der Waals surface area (Å²) in [4.78, 5) is 12.0. The zero-order chi connectivity index (χ0) is 21.2. The number of hydrogen-bond acceptors (Lipinski definition) is 7. The van der Waals surface area contributed by atoms with Crippen molar-refractivity contribution in [3.8, 4) is 22.8 Å². The van der Waals surface area contributed by atoms with Gasteiger partial charge in [-0.05, 0) is 11.6 Å². The molecule has 0 radical (unpaired) electrons. The van der Waals surface area contributed by atoms with Crippen LogP contribution in [0, 0.1) is 0 Å². The lowest BCUT2D eigenvalue weighted by Gasteiger charge is -2.22. The summed E-state index contributed by atoms with van der Waals surface area (Å²) in [5, 5.41) is 21.3. The third-order valence-electron chi connectivity index (χ3n) is 4.91. The lowest BCUT2D eigenvalue weighted by atomic mass is 10.1. The molecule has 1 aliphatic heterocycles. The van der Waals surface area contributed by atoms with E-state index in [1.54, 1.807) is 4.68 Å². The number of carbonyl (C=O) groups excluding carboxylic acids is 1. The predicted molar refractivity (Wildman–Crippen MR) is 118 cm³/mol. The standard InChI is InChI=1S/C22H18N6O2S/c1-30-19(29)13-18-20(15-10-6-3-7-11-15)27-28-21(25-26-22(28)31-18)17-12-16(23-24-17)14-8-4-2-5-9-14/h2-12,18H,13H2,1H3,(H,23,24). The Labute approximate surface area is 182 Å². The van der Waals surface area contributed by atoms with Crippen LogP contribution in [-0.4, -0.2) is 49.1 Å². The Morgan fingerprint density at radius 2 is 1.77 bits per heavy atom. The number of nitrogens with one attached hydrogen (secondary N) is 1. The second kappa shape index (κ2) is 8.19. The van der Waals surface area contributed by atoms with E-state index in [1.165, 1.54) is 18.9 Å². The molecule has 3 heterocycles. The van der Waals surface area contributed by atoms with Gasteiger partial charge >= 0.3 is 5.97 Å². The summed E-state index contributed by atoms with van der Waals surface area (Å²) in [6, 6.07) is 21.6. The summed E-state index contributed by atoms with van der Waals surface area (Å²) in [6.45, 7) is 0. The number of rotatable bonds is 5. The first-order chi connectivity index (χ1) is 15.2. The zero-order valence-corrected chi connectivity index (χ0v) is 17.4. The summed E-state index contributed by atoms with van der Waals surface area (Å²) >= 11 is 1.45. The topological polar surface area (TPSA) is 98.0 Å². The van der Waals surface area contributed by atoms with Crippen LogP contribution < -0.4 is 0 Å². The minimum Gasteiger partial charge on any atom is -0.469 e. The predicted octanol–water partition coefficient (Wildman–Crippen LogP) is 3.63. The molecular weight excluding hydrogens is 412 g/mol. The van der Waals surface area contributed by atoms with Crippen LogP contribution in [0.3, 0.4) is 0 Å². The van der Waals surface area contributed by atoms with E-state index in [0.29, 0.717) is 16.7 Å². The number of ether oxygens (including phenoxy) is 1. The Kier molecular flexibility index (Phi) is 5.09. The molecule has 0 saturated heterocycles. The molecular formula is C22H18N6O2S. The minimum absolute atomic E-state index is 0.194. The van der Waals surface area contributed by atoms with Gasteiger partial charge in [-0.3, -0.25) is 9.89 Å². The van der Waals surface area contributed by atoms with Gasteiger partial charge in [0.2, 0.25) is 11.0 Å². The van der Waals surface area contributed by atoms with Crippen molar-refractivity contribution in [2.45, 2.75) is 16.8 Å². The Morgan fingerprint density at radius 3 is 2.48 bits per heavy atom. The fourth-order valence-corrected chi connectivity index (χ4v) is 4.45. The van der Waals surface area contributed by atoms with Crippen molar-refractivity contribution >= 4 is 23.4 Å². The van der Waals surface area contributed by atoms with Crippen LogP contribution in [0.15, 0.2) is 77.0 Å². The average molecular weight is 430 g/mol. The van der Waals surface area contributed by atoms with Crippen molar-refractivity contribution in [1.29, 1.82) is 0 Å². The van der Waals surface area contributed by atoms with Crippen LogP contribution in [0.4, 0.5) is 0 Å². The van der Waals surface area contributed by atoms with Crippen molar-refractivity contribution in [3.05, 3.63) is 72.3 Å². The molecule has 0 fully saturated rings. The van der Waals surface area contributed by atoms with Gasteiger partial charge in [0.1, 0.15) is 5.69 Å². The van der Waals surface area contributed by atoms with Crippen LogP contribution in [0.1, 0.15) is 12.0 Å². The normalized spacial score (nSPS) is 15.3. The summed E-state index contributed by atoms with van der Waals surface area (Å²) in [5.41, 5.74) is 4.23. The van der Waals surface area contributed by atoms with Gasteiger partial charge in [-0.15, -0.1) is 10.2 Å². The number of aromatic amines is 1. The number of nitrogens with zero attached hydrogens (tertiary/aromatic N) is 5. The highest BCUT2D eigenvalue weighted by Crippen LogP contribution is 2.35. The largest absolute Gasteiger partial charge is 0.469 e. The quantitative estimate of drug-likeness (QED) is 0.486. The summed E-state index contributed by atoms with van der Waals surface area (Å²) in [5.74, 6) is 0.262. The van der Waals surface area contributed by atoms with Gasteiger partial charge in [-0.25, -0.2) is 0 Å². The number of carbonyl (C=O) groups is 1. The fraction of sp³-hybridized carbons (Fsp3) is 0.136. The van der Waals surface area contributed by atoms with Crippen molar-refractivity contribution in [2.75, 3.05) is 7.11 Å². The van der Waals surface area contributed by atoms with E-state index in [9.17, 15) is 4.79 Å². The maximum Gasteiger partial charge on any atom is 0.307 e. The van der Waals surface area contributed by atoms with Crippen molar-refractivity contribution in [3.63, 3.8) is 0 Å². The number of hydrogen-bond donors (Lipinski definition) is 1. The number of fused-ring (bicyclic) bond motifs is 1. The second-order valence-electron chi connectivity index (χ2n) is 6.89. The van der Waals surface area contributed by atoms with Crippen LogP contribution in [0.5, 0.6) is 0 Å². The van der Waals surface area contributed by atoms with Gasteiger partial charge in [0, 0.05) is 5.56 Å². The molecule has 2 aromatic carbocycles. The van der Waals surface area contributed by atoms with E-state index >= 15 is 0 Å². The van der Waals surface area contributed by atoms with Gasteiger partial charge in [0.05, 0.1) is 30.2 Å². The number of esters is 1. The molecule has 1 unspecified atom stereocenters. The van der Waals surface area contributed by atoms with Crippen LogP contribution >= 0.6 is 11.8 Å². The molecule has 154 valence electrons. The molecule has 0 bridgehead atoms. The summed E-state index contributed by atoms with van der Waals surface area (Å²) in [6.07, 6.45) is 0.194. The van der Waals surface area contributed by atoms with E-state index < -0.39 is 0 Å². The van der Waals surface area contributed by atoms with Crippen molar-refractivity contribution in [1.82, 2.24) is 25.1 Å². The third-order valence-corrected chi connectivity index (χ3v) is 6.05. The Hall–Kier alpha value is -3.72. The molecule has 1 atom stereocenters. The van der Waals surface area contributed by atoms with Gasteiger partial charge in [0.15, 0.2) is 0 Å². The van der Waals surface area contributed by atoms with Crippen molar-refractivity contribution < 1.29 is 9.53 Å². The summed E-state index contributed by atoms with van der Waals surface area (Å²) < 4.78 is 6.58. The Morgan fingerprint density at radius 1 is 1.06 bits per heavy atom. The first kappa shape index (κ1) is 19.3. The number of thioether (sulfide) groups is 1. The minimum atomic E-state index is -0.296. The molecule has 0 amide bonds. The molecule has 0 aliphatic carbocycles. The highest BCUT2D eigenvalue weighted by atomic mass is 32.2. The smallest absolute Gasteiger partial charge is 0.307 e. The Balaban J connectivity index is 1.55. The number of aromatic nitrogens is 5. The molecule has 0 saturated carbocycles. The van der Waals surface area contributed by atoms with Gasteiger partial charge < -0.3 is 4.74 Å². The van der Waals surface area contributed by atoms with Crippen LogP contribution in [0.25, 0.3) is 22.8 Å². The van der Waals surface area contributed by atoms with E-state index in [1.807, 2.05) is 66.7 Å². The van der Waals surface area contributed by atoms with Gasteiger partial charge in [0.25, 0.3) is 0 Å². The first-order valence-electron chi connectivity index (χ1n) is 9.67. The lowest BCUT2D eigenvalue weighted by Crippen LogP contribution is -2.27. The highest BCUT2D eigenvalue weighted by Gasteiger charge is 2.31. The second-order valence-corrected chi connectivity index (χ2v) is 8.06. The highest BCUT2D eigenvalue weighted by molar-refractivity contribution is 8.00. The fourth-order valence-electron chi connectivity index (χ4n) is 3.37. The lowest BCUT2D eigenvalue weighted by molar-refractivity contribution is -0.140. The van der Waals surface area contributed by atoms with Gasteiger partial charge in [-0.2, -0.15) is 14.9 Å². The molecule has 9 heteroatoms. The number of benzene rings is 2. The van der Waals surface area contributed by atoms with Gasteiger partial charge in [-0.1, -0.05) is 72.4 Å². The molecule has 0 spiro atoms. The Bertz CT molecular complexity index is 1250. The molecule has 2 aromatic heterocycles. The van der Waals surface area contributed by atoms with E-state index in [0.717, 1.165) is 22.5 Å². The van der Waals surface area contributed by atoms with Crippen LogP contribution in [0.2, 0.25) is 0 Å².